The number of H-pyrrole nitrogens is 2. The van der Waals surface area contributed by atoms with Crippen molar-refractivity contribution in [2.24, 2.45) is 0 Å². The molecule has 2 N–H and O–H groups in total. The predicted octanol–water partition coefficient (Wildman–Crippen LogP) is 12.0. The zero-order valence-corrected chi connectivity index (χ0v) is 37.4. The number of likely N-dealkylation sites (tertiary alicyclic amines) is 2. The van der Waals surface area contributed by atoms with Crippen molar-refractivity contribution >= 4 is 17.9 Å². The summed E-state index contributed by atoms with van der Waals surface area (Å²) in [7, 11) is 0. The first-order valence-electron chi connectivity index (χ1n) is 22.1. The molecule has 8 rings (SSSR count). The van der Waals surface area contributed by atoms with Crippen molar-refractivity contribution in [1.29, 1.82) is 0 Å². The normalized spacial score (nSPS) is 21.0. The number of hydrogen-bond donors (Lipinski definition) is 2. The van der Waals surface area contributed by atoms with E-state index >= 15 is 0 Å². The molecule has 0 saturated carbocycles. The van der Waals surface area contributed by atoms with E-state index in [0.29, 0.717) is 13.1 Å². The van der Waals surface area contributed by atoms with Gasteiger partial charge in [-0.05, 0) is 125 Å². The Kier molecular flexibility index (Phi) is 11.3. The summed E-state index contributed by atoms with van der Waals surface area (Å²) in [6.45, 7) is 19.5. The molecular weight excluding hydrogens is 763 g/mol. The van der Waals surface area contributed by atoms with Gasteiger partial charge in [0.25, 0.3) is 0 Å². The molecule has 0 radical (unpaired) electrons. The van der Waals surface area contributed by atoms with Crippen molar-refractivity contribution in [2.45, 2.75) is 142 Å². The van der Waals surface area contributed by atoms with Gasteiger partial charge in [-0.15, -0.1) is 0 Å². The Balaban J connectivity index is 1.01. The lowest BCUT2D eigenvalue weighted by Gasteiger charge is -2.34. The predicted molar refractivity (Wildman–Crippen MR) is 240 cm³/mol. The maximum absolute atomic E-state index is 13.0. The summed E-state index contributed by atoms with van der Waals surface area (Å²) in [5, 5.41) is 0. The summed E-state index contributed by atoms with van der Waals surface area (Å²) in [5.41, 5.74) is 8.01. The van der Waals surface area contributed by atoms with Gasteiger partial charge >= 0.3 is 12.2 Å². The van der Waals surface area contributed by atoms with E-state index in [1.54, 1.807) is 9.80 Å². The zero-order chi connectivity index (χ0) is 43.3. The standard InChI is InChI=1S/C50H63N7O4/c1-48(2,3)36-22-24-37(25-23-36)57-40(34-18-14-32(15-19-34)38-30-51-44(53-38)42-12-10-28-55(42)46(58)60-49(4,5)6)26-27-41(57)35-20-16-33(17-21-35)39-31-52-45(54-39)43-13-11-29-56(43)47(59)61-50(7,8)9/h14-25,30-31,40-43H,10-13,26-29H2,1-9H3,(H,51,53)(H,52,54). The topological polar surface area (TPSA) is 120 Å². The first-order chi connectivity index (χ1) is 28.9. The molecule has 2 aromatic heterocycles. The van der Waals surface area contributed by atoms with Crippen LogP contribution in [0.5, 0.6) is 0 Å². The number of ether oxygens (including phenoxy) is 2. The molecule has 3 aliphatic rings. The van der Waals surface area contributed by atoms with Crippen LogP contribution in [0.1, 0.15) is 153 Å². The molecule has 3 fully saturated rings. The van der Waals surface area contributed by atoms with Gasteiger partial charge in [-0.1, -0.05) is 81.4 Å². The molecule has 5 heterocycles. The molecule has 2 amide bonds. The highest BCUT2D eigenvalue weighted by molar-refractivity contribution is 5.70. The zero-order valence-electron chi connectivity index (χ0n) is 37.4. The average molecular weight is 826 g/mol. The van der Waals surface area contributed by atoms with Crippen LogP contribution >= 0.6 is 0 Å². The number of anilines is 1. The van der Waals surface area contributed by atoms with Crippen LogP contribution in [-0.2, 0) is 14.9 Å². The van der Waals surface area contributed by atoms with Gasteiger partial charge < -0.3 is 24.3 Å². The summed E-state index contributed by atoms with van der Waals surface area (Å²) in [6.07, 6.45) is 8.75. The fourth-order valence-corrected chi connectivity index (χ4v) is 9.21. The van der Waals surface area contributed by atoms with E-state index in [-0.39, 0.29) is 41.8 Å². The Bertz CT molecular complexity index is 2170. The smallest absolute Gasteiger partial charge is 0.410 e. The van der Waals surface area contributed by atoms with E-state index in [0.717, 1.165) is 72.7 Å². The third-order valence-electron chi connectivity index (χ3n) is 12.2. The minimum atomic E-state index is -0.549. The summed E-state index contributed by atoms with van der Waals surface area (Å²) >= 11 is 0. The number of nitrogens with one attached hydrogen (secondary N) is 2. The molecule has 0 bridgehead atoms. The number of nitrogens with zero attached hydrogens (tertiary/aromatic N) is 5. The van der Waals surface area contributed by atoms with Crippen LogP contribution in [0.3, 0.4) is 0 Å². The van der Waals surface area contributed by atoms with Crippen molar-refractivity contribution in [3.63, 3.8) is 0 Å². The summed E-state index contributed by atoms with van der Waals surface area (Å²) in [6, 6.07) is 27.0. The van der Waals surface area contributed by atoms with Crippen LogP contribution in [0.4, 0.5) is 15.3 Å². The lowest BCUT2D eigenvalue weighted by molar-refractivity contribution is 0.0208. The van der Waals surface area contributed by atoms with E-state index in [2.05, 4.69) is 108 Å². The minimum absolute atomic E-state index is 0.0602. The van der Waals surface area contributed by atoms with Crippen molar-refractivity contribution in [2.75, 3.05) is 18.0 Å². The van der Waals surface area contributed by atoms with Gasteiger partial charge in [0.2, 0.25) is 0 Å². The van der Waals surface area contributed by atoms with Gasteiger partial charge in [0.1, 0.15) is 22.9 Å². The van der Waals surface area contributed by atoms with Gasteiger partial charge in [0.15, 0.2) is 0 Å². The molecule has 0 aliphatic carbocycles. The van der Waals surface area contributed by atoms with Crippen LogP contribution in [0, 0.1) is 0 Å². The molecule has 11 nitrogen and oxygen atoms in total. The second kappa shape index (κ2) is 16.4. The Morgan fingerprint density at radius 3 is 1.34 bits per heavy atom. The van der Waals surface area contributed by atoms with Gasteiger partial charge in [-0.2, -0.15) is 0 Å². The minimum Gasteiger partial charge on any atom is -0.444 e. The van der Waals surface area contributed by atoms with Gasteiger partial charge in [-0.3, -0.25) is 9.80 Å². The van der Waals surface area contributed by atoms with E-state index < -0.39 is 11.2 Å². The first kappa shape index (κ1) is 42.1. The van der Waals surface area contributed by atoms with Gasteiger partial charge in [0.05, 0.1) is 47.9 Å². The van der Waals surface area contributed by atoms with Crippen LogP contribution in [-0.4, -0.2) is 66.2 Å². The number of aromatic nitrogens is 4. The molecule has 0 spiro atoms. The molecule has 3 aromatic carbocycles. The Morgan fingerprint density at radius 1 is 0.557 bits per heavy atom. The summed E-state index contributed by atoms with van der Waals surface area (Å²) < 4.78 is 11.4. The maximum atomic E-state index is 13.0. The molecule has 3 aliphatic heterocycles. The lowest BCUT2D eigenvalue weighted by atomic mass is 9.87. The first-order valence-corrected chi connectivity index (χ1v) is 22.1. The molecule has 322 valence electrons. The Labute approximate surface area is 361 Å². The fraction of sp³-hybridized carbons (Fsp3) is 0.480. The monoisotopic (exact) mass is 825 g/mol. The van der Waals surface area contributed by atoms with Crippen LogP contribution < -0.4 is 4.90 Å². The SMILES string of the molecule is CC(C)(C)OC(=O)N1CCCC1c1ncc(-c2ccc(C3CCC(c4ccc(-c5cnc(C6CCCN6C(=O)OC(C)(C)C)[nH]5)cc4)N3c3ccc(C(C)(C)C)cc3)cc2)[nH]1. The quantitative estimate of drug-likeness (QED) is 0.168. The number of carbonyl (C=O) groups excluding carboxylic acids is 2. The maximum Gasteiger partial charge on any atom is 0.410 e. The Hall–Kier alpha value is -5.58. The number of rotatable bonds is 7. The van der Waals surface area contributed by atoms with Crippen molar-refractivity contribution in [1.82, 2.24) is 29.7 Å². The van der Waals surface area contributed by atoms with Crippen molar-refractivity contribution in [3.8, 4) is 22.5 Å². The largest absolute Gasteiger partial charge is 0.444 e. The average Bonchev–Trinajstić information content (AvgIpc) is 4.05. The number of aromatic amines is 2. The van der Waals surface area contributed by atoms with E-state index in [1.165, 1.54) is 22.4 Å². The molecular formula is C50H63N7O4. The number of amides is 2. The third kappa shape index (κ3) is 9.21. The van der Waals surface area contributed by atoms with Crippen molar-refractivity contribution in [3.05, 3.63) is 114 Å². The van der Waals surface area contributed by atoms with E-state index in [4.69, 9.17) is 19.4 Å². The molecule has 4 unspecified atom stereocenters. The van der Waals surface area contributed by atoms with Crippen molar-refractivity contribution < 1.29 is 19.1 Å². The van der Waals surface area contributed by atoms with Gasteiger partial charge in [0, 0.05) is 18.8 Å². The highest BCUT2D eigenvalue weighted by Crippen LogP contribution is 2.48. The summed E-state index contributed by atoms with van der Waals surface area (Å²) in [5.74, 6) is 1.59. The second-order valence-electron chi connectivity index (χ2n) is 20.1. The van der Waals surface area contributed by atoms with Crippen LogP contribution in [0.25, 0.3) is 22.5 Å². The number of imidazole rings is 2. The van der Waals surface area contributed by atoms with E-state index in [1.807, 2.05) is 53.9 Å². The molecule has 4 atom stereocenters. The molecule has 61 heavy (non-hydrogen) atoms. The fourth-order valence-electron chi connectivity index (χ4n) is 9.21. The second-order valence-corrected chi connectivity index (χ2v) is 20.1. The third-order valence-corrected chi connectivity index (χ3v) is 12.2. The summed E-state index contributed by atoms with van der Waals surface area (Å²) in [4.78, 5) is 48.8. The van der Waals surface area contributed by atoms with E-state index in [9.17, 15) is 9.59 Å². The highest BCUT2D eigenvalue weighted by atomic mass is 16.6. The highest BCUT2D eigenvalue weighted by Gasteiger charge is 2.38. The van der Waals surface area contributed by atoms with Crippen LogP contribution in [0.2, 0.25) is 0 Å². The molecule has 11 heteroatoms. The molecule has 5 aromatic rings. The molecule has 3 saturated heterocycles. The Morgan fingerprint density at radius 2 is 0.967 bits per heavy atom. The van der Waals surface area contributed by atoms with Gasteiger partial charge in [-0.25, -0.2) is 19.6 Å². The lowest BCUT2D eigenvalue weighted by Crippen LogP contribution is -2.36. The number of carbonyl (C=O) groups is 2. The number of hydrogen-bond acceptors (Lipinski definition) is 7. The van der Waals surface area contributed by atoms with Crippen LogP contribution in [0.15, 0.2) is 85.2 Å². The number of benzene rings is 3.